The van der Waals surface area contributed by atoms with E-state index in [1.165, 1.54) is 0 Å². The molecule has 0 saturated heterocycles. The molecule has 1 aromatic heterocycles. The molecule has 2 N–H and O–H groups in total. The van der Waals surface area contributed by atoms with Crippen LogP contribution in [0.5, 0.6) is 0 Å². The number of halogens is 1. The molecule has 0 aliphatic carbocycles. The van der Waals surface area contributed by atoms with Crippen molar-refractivity contribution in [2.45, 2.75) is 6.42 Å². The molecule has 0 aliphatic rings. The van der Waals surface area contributed by atoms with Gasteiger partial charge in [-0.2, -0.15) is 5.10 Å². The summed E-state index contributed by atoms with van der Waals surface area (Å²) < 4.78 is 0. The lowest BCUT2D eigenvalue weighted by Crippen LogP contribution is -1.99. The van der Waals surface area contributed by atoms with Crippen LogP contribution < -0.4 is 0 Å². The molecular formula is C9H7ClN2O2. The summed E-state index contributed by atoms with van der Waals surface area (Å²) in [5, 5.41) is 16.4. The van der Waals surface area contributed by atoms with Crippen molar-refractivity contribution < 1.29 is 9.90 Å². The Kier molecular flexibility index (Phi) is 2.13. The summed E-state index contributed by atoms with van der Waals surface area (Å²) in [6, 6.07) is 5.21. The molecule has 0 bridgehead atoms. The van der Waals surface area contributed by atoms with Crippen LogP contribution in [-0.2, 0) is 11.2 Å². The number of H-pyrrole nitrogens is 1. The molecule has 0 spiro atoms. The number of benzene rings is 1. The summed E-state index contributed by atoms with van der Waals surface area (Å²) in [6.07, 6.45) is 0.000416. The van der Waals surface area contributed by atoms with E-state index in [-0.39, 0.29) is 6.42 Å². The molecule has 0 radical (unpaired) electrons. The smallest absolute Gasteiger partial charge is 0.307 e. The predicted molar refractivity (Wildman–Crippen MR) is 52.4 cm³/mol. The van der Waals surface area contributed by atoms with E-state index in [2.05, 4.69) is 10.2 Å². The summed E-state index contributed by atoms with van der Waals surface area (Å²) in [5.41, 5.74) is 1.40. The second-order valence-corrected chi connectivity index (χ2v) is 3.34. The number of nitrogens with zero attached hydrogens (tertiary/aromatic N) is 1. The lowest BCUT2D eigenvalue weighted by molar-refractivity contribution is -0.136. The molecule has 2 aromatic rings. The van der Waals surface area contributed by atoms with Gasteiger partial charge < -0.3 is 5.11 Å². The molecule has 0 saturated carbocycles. The van der Waals surface area contributed by atoms with Crippen molar-refractivity contribution >= 4 is 28.5 Å². The average Bonchev–Trinajstić information content (AvgIpc) is 2.46. The zero-order valence-corrected chi connectivity index (χ0v) is 7.88. The van der Waals surface area contributed by atoms with Crippen molar-refractivity contribution in [1.82, 2.24) is 10.2 Å². The minimum atomic E-state index is -0.856. The Balaban J connectivity index is 2.46. The van der Waals surface area contributed by atoms with E-state index >= 15 is 0 Å². The maximum Gasteiger partial charge on any atom is 0.307 e. The van der Waals surface area contributed by atoms with Gasteiger partial charge in [-0.1, -0.05) is 17.7 Å². The minimum absolute atomic E-state index is 0.000416. The second-order valence-electron chi connectivity index (χ2n) is 2.96. The topological polar surface area (TPSA) is 66.0 Å². The maximum atomic E-state index is 10.5. The van der Waals surface area contributed by atoms with Crippen LogP contribution in [-0.4, -0.2) is 21.3 Å². The van der Waals surface area contributed by atoms with Gasteiger partial charge in [0.05, 0.1) is 11.9 Å². The van der Waals surface area contributed by atoms with Crippen LogP contribution >= 0.6 is 11.6 Å². The summed E-state index contributed by atoms with van der Waals surface area (Å²) in [4.78, 5) is 10.5. The van der Waals surface area contributed by atoms with E-state index in [1.807, 2.05) is 0 Å². The van der Waals surface area contributed by atoms with Crippen molar-refractivity contribution in [3.05, 3.63) is 28.9 Å². The summed E-state index contributed by atoms with van der Waals surface area (Å²) in [7, 11) is 0. The van der Waals surface area contributed by atoms with Gasteiger partial charge in [0.1, 0.15) is 5.15 Å². The minimum Gasteiger partial charge on any atom is -0.481 e. The Labute approximate surface area is 84.5 Å². The van der Waals surface area contributed by atoms with Gasteiger partial charge in [0.2, 0.25) is 0 Å². The standard InChI is InChI=1S/C9H7ClN2O2/c10-9-6-2-1-5(4-8(13)14)3-7(6)11-12-9/h1-3H,4H2,(H,11,12)(H,13,14). The van der Waals surface area contributed by atoms with Crippen molar-refractivity contribution in [2.75, 3.05) is 0 Å². The van der Waals surface area contributed by atoms with Gasteiger partial charge in [0, 0.05) is 5.39 Å². The quantitative estimate of drug-likeness (QED) is 0.795. The monoisotopic (exact) mass is 210 g/mol. The molecule has 1 heterocycles. The highest BCUT2D eigenvalue weighted by Gasteiger charge is 2.05. The molecule has 0 amide bonds. The van der Waals surface area contributed by atoms with E-state index in [0.717, 1.165) is 5.39 Å². The number of rotatable bonds is 2. The van der Waals surface area contributed by atoms with Crippen LogP contribution in [0.2, 0.25) is 5.15 Å². The van der Waals surface area contributed by atoms with Crippen LogP contribution in [0.3, 0.4) is 0 Å². The Morgan fingerprint density at radius 3 is 3.07 bits per heavy atom. The Morgan fingerprint density at radius 2 is 2.36 bits per heavy atom. The van der Waals surface area contributed by atoms with E-state index in [1.54, 1.807) is 18.2 Å². The summed E-state index contributed by atoms with van der Waals surface area (Å²) in [6.45, 7) is 0. The van der Waals surface area contributed by atoms with Gasteiger partial charge >= 0.3 is 5.97 Å². The van der Waals surface area contributed by atoms with E-state index in [4.69, 9.17) is 16.7 Å². The van der Waals surface area contributed by atoms with Gasteiger partial charge in [0.15, 0.2) is 0 Å². The molecule has 2 rings (SSSR count). The molecule has 14 heavy (non-hydrogen) atoms. The highest BCUT2D eigenvalue weighted by Crippen LogP contribution is 2.21. The van der Waals surface area contributed by atoms with Crippen LogP contribution in [0.4, 0.5) is 0 Å². The van der Waals surface area contributed by atoms with E-state index < -0.39 is 5.97 Å². The highest BCUT2D eigenvalue weighted by atomic mass is 35.5. The first-order valence-electron chi connectivity index (χ1n) is 4.01. The zero-order valence-electron chi connectivity index (χ0n) is 7.12. The average molecular weight is 211 g/mol. The molecule has 72 valence electrons. The van der Waals surface area contributed by atoms with Crippen LogP contribution in [0.25, 0.3) is 10.9 Å². The van der Waals surface area contributed by atoms with Gasteiger partial charge in [-0.15, -0.1) is 0 Å². The van der Waals surface area contributed by atoms with Crippen LogP contribution in [0.1, 0.15) is 5.56 Å². The molecule has 1 aromatic carbocycles. The Bertz CT molecular complexity index is 493. The van der Waals surface area contributed by atoms with Gasteiger partial charge in [-0.05, 0) is 17.7 Å². The number of hydrogen-bond acceptors (Lipinski definition) is 2. The maximum absolute atomic E-state index is 10.5. The van der Waals surface area contributed by atoms with Crippen LogP contribution in [0, 0.1) is 0 Å². The first kappa shape index (κ1) is 9.02. The fraction of sp³-hybridized carbons (Fsp3) is 0.111. The largest absolute Gasteiger partial charge is 0.481 e. The number of nitrogens with one attached hydrogen (secondary N) is 1. The van der Waals surface area contributed by atoms with Crippen LogP contribution in [0.15, 0.2) is 18.2 Å². The zero-order chi connectivity index (χ0) is 10.1. The molecule has 0 fully saturated rings. The van der Waals surface area contributed by atoms with Gasteiger partial charge in [-0.3, -0.25) is 9.89 Å². The number of aromatic amines is 1. The number of carboxylic acids is 1. The summed E-state index contributed by atoms with van der Waals surface area (Å²) >= 11 is 5.80. The van der Waals surface area contributed by atoms with Gasteiger partial charge in [0.25, 0.3) is 0 Å². The number of carboxylic acid groups (broad SMARTS) is 1. The lowest BCUT2D eigenvalue weighted by Gasteiger charge is -1.95. The first-order valence-corrected chi connectivity index (χ1v) is 4.39. The third-order valence-corrected chi connectivity index (χ3v) is 2.22. The molecule has 4 nitrogen and oxygen atoms in total. The normalized spacial score (nSPS) is 10.6. The van der Waals surface area contributed by atoms with E-state index in [9.17, 15) is 4.79 Å². The summed E-state index contributed by atoms with van der Waals surface area (Å²) in [5.74, 6) is -0.856. The van der Waals surface area contributed by atoms with Crippen molar-refractivity contribution in [1.29, 1.82) is 0 Å². The fourth-order valence-corrected chi connectivity index (χ4v) is 1.51. The van der Waals surface area contributed by atoms with Gasteiger partial charge in [-0.25, -0.2) is 0 Å². The Hall–Kier alpha value is -1.55. The number of aliphatic carboxylic acids is 1. The molecule has 0 aliphatic heterocycles. The fourth-order valence-electron chi connectivity index (χ4n) is 1.31. The molecule has 0 unspecified atom stereocenters. The third kappa shape index (κ3) is 1.56. The van der Waals surface area contributed by atoms with E-state index in [0.29, 0.717) is 16.2 Å². The number of hydrogen-bond donors (Lipinski definition) is 2. The number of fused-ring (bicyclic) bond motifs is 1. The lowest BCUT2D eigenvalue weighted by atomic mass is 10.1. The second kappa shape index (κ2) is 3.31. The van der Waals surface area contributed by atoms with Crippen molar-refractivity contribution in [2.24, 2.45) is 0 Å². The predicted octanol–water partition coefficient (Wildman–Crippen LogP) is 1.84. The Morgan fingerprint density at radius 1 is 1.57 bits per heavy atom. The third-order valence-electron chi connectivity index (χ3n) is 1.93. The van der Waals surface area contributed by atoms with Crippen molar-refractivity contribution in [3.63, 3.8) is 0 Å². The number of aromatic nitrogens is 2. The SMILES string of the molecule is O=C(O)Cc1ccc2c(Cl)[nH]nc2c1. The van der Waals surface area contributed by atoms with Crippen molar-refractivity contribution in [3.8, 4) is 0 Å². The molecular weight excluding hydrogens is 204 g/mol. The highest BCUT2D eigenvalue weighted by molar-refractivity contribution is 6.34. The number of carbonyl (C=O) groups is 1. The molecule has 0 atom stereocenters. The first-order chi connectivity index (χ1) is 6.66. The molecule has 5 heteroatoms.